The highest BCUT2D eigenvalue weighted by Gasteiger charge is 2.34. The smallest absolute Gasteiger partial charge is 0.321 e. The van der Waals surface area contributed by atoms with Gasteiger partial charge in [-0.2, -0.15) is 18.4 Å². The number of carbonyl (C=O) groups is 1. The molecule has 0 aromatic heterocycles. The number of nitrogens with one attached hydrogen (secondary N) is 1. The summed E-state index contributed by atoms with van der Waals surface area (Å²) in [5.74, 6) is -0.911. The quantitative estimate of drug-likeness (QED) is 0.913. The number of carbonyl (C=O) groups excluding carboxylic acids is 1. The van der Waals surface area contributed by atoms with Crippen molar-refractivity contribution in [1.82, 2.24) is 0 Å². The van der Waals surface area contributed by atoms with Gasteiger partial charge < -0.3 is 5.32 Å². The maximum atomic E-state index is 12.9. The molecule has 2 aromatic carbocycles. The first kappa shape index (κ1) is 14.6. The fourth-order valence-electron chi connectivity index (χ4n) is 1.81. The zero-order valence-electron chi connectivity index (χ0n) is 10.6. The SMILES string of the molecule is N#Cc1ccccc1NC(=O)c1ccccc1C(F)(F)F. The summed E-state index contributed by atoms with van der Waals surface area (Å²) in [6.45, 7) is 0. The van der Waals surface area contributed by atoms with Crippen LogP contribution in [0, 0.1) is 11.3 Å². The number of nitrogens with zero attached hydrogens (tertiary/aromatic N) is 1. The normalized spacial score (nSPS) is 10.8. The van der Waals surface area contributed by atoms with E-state index in [1.807, 2.05) is 6.07 Å². The Morgan fingerprint density at radius 3 is 2.33 bits per heavy atom. The van der Waals surface area contributed by atoms with E-state index < -0.39 is 23.2 Å². The third kappa shape index (κ3) is 3.20. The lowest BCUT2D eigenvalue weighted by atomic mass is 10.1. The van der Waals surface area contributed by atoms with E-state index in [4.69, 9.17) is 5.26 Å². The Hall–Kier alpha value is -2.81. The molecule has 0 bridgehead atoms. The molecule has 0 saturated carbocycles. The predicted molar refractivity (Wildman–Crippen MR) is 70.6 cm³/mol. The van der Waals surface area contributed by atoms with Crippen molar-refractivity contribution < 1.29 is 18.0 Å². The van der Waals surface area contributed by atoms with Gasteiger partial charge in [0.25, 0.3) is 5.91 Å². The number of amides is 1. The minimum absolute atomic E-state index is 0.168. The van der Waals surface area contributed by atoms with Crippen LogP contribution in [0.4, 0.5) is 18.9 Å². The molecule has 0 radical (unpaired) electrons. The first-order valence-corrected chi connectivity index (χ1v) is 5.90. The number of rotatable bonds is 2. The highest BCUT2D eigenvalue weighted by atomic mass is 19.4. The van der Waals surface area contributed by atoms with E-state index in [0.717, 1.165) is 12.1 Å². The van der Waals surface area contributed by atoms with E-state index in [9.17, 15) is 18.0 Å². The van der Waals surface area contributed by atoms with Crippen LogP contribution in [0.2, 0.25) is 0 Å². The highest BCUT2D eigenvalue weighted by molar-refractivity contribution is 6.06. The van der Waals surface area contributed by atoms with E-state index in [0.29, 0.717) is 0 Å². The summed E-state index contributed by atoms with van der Waals surface area (Å²) < 4.78 is 38.6. The number of para-hydroxylation sites is 1. The van der Waals surface area contributed by atoms with E-state index in [1.54, 1.807) is 12.1 Å². The summed E-state index contributed by atoms with van der Waals surface area (Å²) in [6.07, 6.45) is -4.62. The Kier molecular flexibility index (Phi) is 3.94. The number of benzene rings is 2. The molecule has 0 aliphatic rings. The molecule has 21 heavy (non-hydrogen) atoms. The largest absolute Gasteiger partial charge is 0.417 e. The number of halogens is 3. The number of nitriles is 1. The summed E-state index contributed by atoms with van der Waals surface area (Å²) in [5, 5.41) is 11.2. The molecular weight excluding hydrogens is 281 g/mol. The minimum Gasteiger partial charge on any atom is -0.321 e. The van der Waals surface area contributed by atoms with Crippen LogP contribution < -0.4 is 5.32 Å². The van der Waals surface area contributed by atoms with Crippen molar-refractivity contribution in [3.8, 4) is 6.07 Å². The van der Waals surface area contributed by atoms with Crippen molar-refractivity contribution in [3.63, 3.8) is 0 Å². The molecule has 6 heteroatoms. The van der Waals surface area contributed by atoms with Crippen molar-refractivity contribution in [1.29, 1.82) is 5.26 Å². The Labute approximate surface area is 118 Å². The van der Waals surface area contributed by atoms with Gasteiger partial charge in [0.2, 0.25) is 0 Å². The molecule has 1 amide bonds. The lowest BCUT2D eigenvalue weighted by molar-refractivity contribution is -0.137. The lowest BCUT2D eigenvalue weighted by Gasteiger charge is -2.13. The van der Waals surface area contributed by atoms with E-state index in [-0.39, 0.29) is 11.3 Å². The van der Waals surface area contributed by atoms with Crippen molar-refractivity contribution >= 4 is 11.6 Å². The molecular formula is C15H9F3N2O. The van der Waals surface area contributed by atoms with Crippen LogP contribution in [0.1, 0.15) is 21.5 Å². The lowest BCUT2D eigenvalue weighted by Crippen LogP contribution is -2.19. The average Bonchev–Trinajstić information content (AvgIpc) is 2.47. The molecule has 0 heterocycles. The van der Waals surface area contributed by atoms with E-state index in [2.05, 4.69) is 5.32 Å². The van der Waals surface area contributed by atoms with Gasteiger partial charge in [-0.05, 0) is 24.3 Å². The van der Waals surface area contributed by atoms with Crippen LogP contribution in [0.15, 0.2) is 48.5 Å². The maximum Gasteiger partial charge on any atom is 0.417 e. The van der Waals surface area contributed by atoms with Crippen molar-refractivity contribution in [2.24, 2.45) is 0 Å². The third-order valence-corrected chi connectivity index (χ3v) is 2.77. The van der Waals surface area contributed by atoms with Crippen molar-refractivity contribution in [2.75, 3.05) is 5.32 Å². The fourth-order valence-corrected chi connectivity index (χ4v) is 1.81. The van der Waals surface area contributed by atoms with Gasteiger partial charge in [0.1, 0.15) is 6.07 Å². The maximum absolute atomic E-state index is 12.9. The molecule has 0 aliphatic carbocycles. The van der Waals surface area contributed by atoms with Gasteiger partial charge in [0.15, 0.2) is 0 Å². The van der Waals surface area contributed by atoms with E-state index in [1.165, 1.54) is 24.3 Å². The van der Waals surface area contributed by atoms with Gasteiger partial charge >= 0.3 is 6.18 Å². The first-order valence-electron chi connectivity index (χ1n) is 5.90. The molecule has 0 aliphatic heterocycles. The van der Waals surface area contributed by atoms with Gasteiger partial charge in [-0.1, -0.05) is 24.3 Å². The third-order valence-electron chi connectivity index (χ3n) is 2.77. The predicted octanol–water partition coefficient (Wildman–Crippen LogP) is 3.83. The second-order valence-corrected chi connectivity index (χ2v) is 4.15. The van der Waals surface area contributed by atoms with Crippen LogP contribution >= 0.6 is 0 Å². The molecule has 0 spiro atoms. The van der Waals surface area contributed by atoms with Gasteiger partial charge in [0, 0.05) is 0 Å². The molecule has 106 valence electrons. The molecule has 0 unspecified atom stereocenters. The molecule has 0 fully saturated rings. The monoisotopic (exact) mass is 290 g/mol. The zero-order valence-corrected chi connectivity index (χ0v) is 10.6. The second kappa shape index (κ2) is 5.67. The van der Waals surface area contributed by atoms with Gasteiger partial charge in [-0.3, -0.25) is 4.79 Å². The minimum atomic E-state index is -4.62. The van der Waals surface area contributed by atoms with Gasteiger partial charge in [0.05, 0.1) is 22.4 Å². The topological polar surface area (TPSA) is 52.9 Å². The Morgan fingerprint density at radius 1 is 1.05 bits per heavy atom. The molecule has 1 N–H and O–H groups in total. The molecule has 0 atom stereocenters. The summed E-state index contributed by atoms with van der Waals surface area (Å²) in [7, 11) is 0. The number of hydrogen-bond acceptors (Lipinski definition) is 2. The zero-order chi connectivity index (χ0) is 15.5. The van der Waals surface area contributed by atoms with Crippen LogP contribution in [0.5, 0.6) is 0 Å². The standard InChI is InChI=1S/C15H9F3N2O/c16-15(17,18)12-7-3-2-6-11(12)14(21)20-13-8-4-1-5-10(13)9-19/h1-8H,(H,20,21). The van der Waals surface area contributed by atoms with Crippen LogP contribution in [-0.4, -0.2) is 5.91 Å². The Bertz CT molecular complexity index is 717. The number of hydrogen-bond donors (Lipinski definition) is 1. The Balaban J connectivity index is 2.37. The Morgan fingerprint density at radius 2 is 1.67 bits per heavy atom. The summed E-state index contributed by atoms with van der Waals surface area (Å²) >= 11 is 0. The average molecular weight is 290 g/mol. The van der Waals surface area contributed by atoms with Gasteiger partial charge in [-0.25, -0.2) is 0 Å². The van der Waals surface area contributed by atoms with Crippen molar-refractivity contribution in [3.05, 3.63) is 65.2 Å². The van der Waals surface area contributed by atoms with Crippen LogP contribution in [0.25, 0.3) is 0 Å². The summed E-state index contributed by atoms with van der Waals surface area (Å²) in [5.41, 5.74) is -1.16. The molecule has 2 rings (SSSR count). The highest BCUT2D eigenvalue weighted by Crippen LogP contribution is 2.32. The van der Waals surface area contributed by atoms with Gasteiger partial charge in [-0.15, -0.1) is 0 Å². The first-order chi connectivity index (χ1) is 9.93. The molecule has 2 aromatic rings. The fraction of sp³-hybridized carbons (Fsp3) is 0.0667. The number of anilines is 1. The van der Waals surface area contributed by atoms with Crippen molar-refractivity contribution in [2.45, 2.75) is 6.18 Å². The van der Waals surface area contributed by atoms with E-state index >= 15 is 0 Å². The molecule has 3 nitrogen and oxygen atoms in total. The summed E-state index contributed by atoms with van der Waals surface area (Å²) in [6, 6.07) is 12.4. The molecule has 0 saturated heterocycles. The van der Waals surface area contributed by atoms with Crippen LogP contribution in [-0.2, 0) is 6.18 Å². The van der Waals surface area contributed by atoms with Crippen LogP contribution in [0.3, 0.4) is 0 Å². The number of alkyl halides is 3. The second-order valence-electron chi connectivity index (χ2n) is 4.15. The summed E-state index contributed by atoms with van der Waals surface area (Å²) in [4.78, 5) is 12.0.